The van der Waals surface area contributed by atoms with Crippen LogP contribution in [0.15, 0.2) is 24.3 Å². The van der Waals surface area contributed by atoms with Gasteiger partial charge in [-0.05, 0) is 50.9 Å². The predicted octanol–water partition coefficient (Wildman–Crippen LogP) is 2.91. The number of ether oxygens (including phenoxy) is 1. The number of nitrogens with zero attached hydrogens (tertiary/aromatic N) is 1. The van der Waals surface area contributed by atoms with Crippen LogP contribution in [0.2, 0.25) is 0 Å². The second-order valence-electron chi connectivity index (χ2n) is 4.53. The van der Waals surface area contributed by atoms with Crippen LogP contribution in [0.1, 0.15) is 32.8 Å². The van der Waals surface area contributed by atoms with Gasteiger partial charge < -0.3 is 10.1 Å². The molecule has 0 fully saturated rings. The molecule has 0 aliphatic carbocycles. The van der Waals surface area contributed by atoms with Gasteiger partial charge in [0.1, 0.15) is 11.8 Å². The summed E-state index contributed by atoms with van der Waals surface area (Å²) in [6, 6.07) is 10.6. The lowest BCUT2D eigenvalue weighted by molar-refractivity contribution is 0.276. The fraction of sp³-hybridized carbons (Fsp3) is 0.533. The highest BCUT2D eigenvalue weighted by atomic mass is 16.5. The Bertz CT molecular complexity index is 380. The number of hydrogen-bond donors (Lipinski definition) is 1. The molecule has 0 saturated carbocycles. The van der Waals surface area contributed by atoms with Gasteiger partial charge in [0.05, 0.1) is 0 Å². The van der Waals surface area contributed by atoms with Crippen molar-refractivity contribution in [2.24, 2.45) is 0 Å². The molecule has 1 rings (SSSR count). The van der Waals surface area contributed by atoms with Gasteiger partial charge in [-0.1, -0.05) is 19.1 Å². The molecule has 2 atom stereocenters. The molecule has 0 heterocycles. The standard InChI is InChI=1S/C15H22N2O/c1-4-17-12(2)5-6-14-7-9-15(10-8-14)18-13(3)11-16/h7-10,12-13,17H,4-6H2,1-3H3. The second-order valence-corrected chi connectivity index (χ2v) is 4.53. The van der Waals surface area contributed by atoms with Crippen molar-refractivity contribution in [1.29, 1.82) is 5.26 Å². The molecule has 1 aromatic rings. The molecule has 18 heavy (non-hydrogen) atoms. The first-order valence-corrected chi connectivity index (χ1v) is 6.54. The van der Waals surface area contributed by atoms with Crippen LogP contribution in [0.25, 0.3) is 0 Å². The van der Waals surface area contributed by atoms with Crippen LogP contribution in [0, 0.1) is 11.3 Å². The lowest BCUT2D eigenvalue weighted by Gasteiger charge is -2.12. The SMILES string of the molecule is CCNC(C)CCc1ccc(OC(C)C#N)cc1. The van der Waals surface area contributed by atoms with Gasteiger partial charge in [-0.25, -0.2) is 0 Å². The van der Waals surface area contributed by atoms with E-state index in [1.807, 2.05) is 12.1 Å². The fourth-order valence-corrected chi connectivity index (χ4v) is 1.80. The summed E-state index contributed by atoms with van der Waals surface area (Å²) >= 11 is 0. The van der Waals surface area contributed by atoms with Crippen molar-refractivity contribution in [2.45, 2.75) is 45.8 Å². The molecule has 0 aliphatic rings. The third-order valence-electron chi connectivity index (χ3n) is 2.84. The molecule has 1 N–H and O–H groups in total. The maximum atomic E-state index is 8.66. The van der Waals surface area contributed by atoms with Crippen molar-refractivity contribution < 1.29 is 4.74 Å². The highest BCUT2D eigenvalue weighted by Crippen LogP contribution is 2.15. The van der Waals surface area contributed by atoms with Gasteiger partial charge in [-0.2, -0.15) is 5.26 Å². The summed E-state index contributed by atoms with van der Waals surface area (Å²) in [4.78, 5) is 0. The number of hydrogen-bond acceptors (Lipinski definition) is 3. The molecule has 0 saturated heterocycles. The van der Waals surface area contributed by atoms with Gasteiger partial charge in [0, 0.05) is 6.04 Å². The normalized spacial score (nSPS) is 13.7. The monoisotopic (exact) mass is 246 g/mol. The lowest BCUT2D eigenvalue weighted by Crippen LogP contribution is -2.25. The first-order valence-electron chi connectivity index (χ1n) is 6.54. The van der Waals surface area contributed by atoms with E-state index in [1.54, 1.807) is 6.92 Å². The third-order valence-corrected chi connectivity index (χ3v) is 2.84. The number of benzene rings is 1. The van der Waals surface area contributed by atoms with Gasteiger partial charge in [0.2, 0.25) is 0 Å². The summed E-state index contributed by atoms with van der Waals surface area (Å²) in [5.74, 6) is 0.757. The highest BCUT2D eigenvalue weighted by molar-refractivity contribution is 5.28. The Morgan fingerprint density at radius 3 is 2.50 bits per heavy atom. The van der Waals surface area contributed by atoms with Gasteiger partial charge >= 0.3 is 0 Å². The smallest absolute Gasteiger partial charge is 0.181 e. The van der Waals surface area contributed by atoms with E-state index >= 15 is 0 Å². The van der Waals surface area contributed by atoms with E-state index in [2.05, 4.69) is 37.4 Å². The minimum absolute atomic E-state index is 0.398. The van der Waals surface area contributed by atoms with Crippen molar-refractivity contribution >= 4 is 0 Å². The van der Waals surface area contributed by atoms with Crippen LogP contribution in [0.3, 0.4) is 0 Å². The number of nitriles is 1. The van der Waals surface area contributed by atoms with Crippen molar-refractivity contribution in [1.82, 2.24) is 5.32 Å². The number of nitrogens with one attached hydrogen (secondary N) is 1. The quantitative estimate of drug-likeness (QED) is 0.804. The molecule has 0 aliphatic heterocycles. The Kier molecular flexibility index (Phi) is 6.24. The molecular weight excluding hydrogens is 224 g/mol. The van der Waals surface area contributed by atoms with Crippen LogP contribution < -0.4 is 10.1 Å². The molecule has 0 amide bonds. The van der Waals surface area contributed by atoms with Crippen LogP contribution in [0.5, 0.6) is 5.75 Å². The third kappa shape index (κ3) is 5.20. The minimum atomic E-state index is -0.398. The van der Waals surface area contributed by atoms with Crippen LogP contribution in [0.4, 0.5) is 0 Å². The maximum absolute atomic E-state index is 8.66. The Morgan fingerprint density at radius 2 is 1.94 bits per heavy atom. The summed E-state index contributed by atoms with van der Waals surface area (Å²) in [5, 5.41) is 12.1. The number of aryl methyl sites for hydroxylation is 1. The predicted molar refractivity (Wildman–Crippen MR) is 73.6 cm³/mol. The van der Waals surface area contributed by atoms with Crippen LogP contribution in [-0.2, 0) is 6.42 Å². The van der Waals surface area contributed by atoms with E-state index in [-0.39, 0.29) is 0 Å². The lowest BCUT2D eigenvalue weighted by atomic mass is 10.1. The van der Waals surface area contributed by atoms with E-state index in [1.165, 1.54) is 5.56 Å². The molecule has 0 spiro atoms. The molecule has 0 aromatic heterocycles. The molecule has 2 unspecified atom stereocenters. The topological polar surface area (TPSA) is 45.0 Å². The Labute approximate surface area is 110 Å². The molecular formula is C15H22N2O. The molecule has 0 bridgehead atoms. The molecule has 98 valence electrons. The highest BCUT2D eigenvalue weighted by Gasteiger charge is 2.03. The van der Waals surface area contributed by atoms with Crippen molar-refractivity contribution in [3.8, 4) is 11.8 Å². The summed E-state index contributed by atoms with van der Waals surface area (Å²) in [6.45, 7) is 7.08. The average molecular weight is 246 g/mol. The zero-order valence-electron chi connectivity index (χ0n) is 11.4. The van der Waals surface area contributed by atoms with Crippen LogP contribution in [-0.4, -0.2) is 18.7 Å². The van der Waals surface area contributed by atoms with E-state index in [0.717, 1.165) is 25.1 Å². The molecule has 1 aromatic carbocycles. The average Bonchev–Trinajstić information content (AvgIpc) is 2.38. The fourth-order valence-electron chi connectivity index (χ4n) is 1.80. The van der Waals surface area contributed by atoms with E-state index in [0.29, 0.717) is 6.04 Å². The zero-order chi connectivity index (χ0) is 13.4. The molecule has 3 heteroatoms. The molecule has 3 nitrogen and oxygen atoms in total. The van der Waals surface area contributed by atoms with E-state index in [4.69, 9.17) is 10.00 Å². The number of rotatable bonds is 7. The maximum Gasteiger partial charge on any atom is 0.181 e. The summed E-state index contributed by atoms with van der Waals surface area (Å²) in [6.07, 6.45) is 1.79. The largest absolute Gasteiger partial charge is 0.476 e. The zero-order valence-corrected chi connectivity index (χ0v) is 11.4. The Balaban J connectivity index is 2.43. The van der Waals surface area contributed by atoms with Gasteiger partial charge in [-0.15, -0.1) is 0 Å². The molecule has 0 radical (unpaired) electrons. The minimum Gasteiger partial charge on any atom is -0.476 e. The summed E-state index contributed by atoms with van der Waals surface area (Å²) in [7, 11) is 0. The van der Waals surface area contributed by atoms with Crippen LogP contribution >= 0.6 is 0 Å². The summed E-state index contributed by atoms with van der Waals surface area (Å²) in [5.41, 5.74) is 1.30. The Morgan fingerprint density at radius 1 is 1.28 bits per heavy atom. The van der Waals surface area contributed by atoms with Crippen molar-refractivity contribution in [3.63, 3.8) is 0 Å². The first kappa shape index (κ1) is 14.5. The van der Waals surface area contributed by atoms with Crippen molar-refractivity contribution in [2.75, 3.05) is 6.54 Å². The second kappa shape index (κ2) is 7.73. The van der Waals surface area contributed by atoms with Gasteiger partial charge in [0.15, 0.2) is 6.10 Å². The van der Waals surface area contributed by atoms with E-state index < -0.39 is 6.10 Å². The van der Waals surface area contributed by atoms with E-state index in [9.17, 15) is 0 Å². The van der Waals surface area contributed by atoms with Gasteiger partial charge in [-0.3, -0.25) is 0 Å². The first-order chi connectivity index (χ1) is 8.65. The Hall–Kier alpha value is -1.53. The van der Waals surface area contributed by atoms with Crippen molar-refractivity contribution in [3.05, 3.63) is 29.8 Å². The van der Waals surface area contributed by atoms with Gasteiger partial charge in [0.25, 0.3) is 0 Å². The summed E-state index contributed by atoms with van der Waals surface area (Å²) < 4.78 is 5.41.